The molecule has 7 heteroatoms. The smallest absolute Gasteiger partial charge is 0.207 e. The zero-order chi connectivity index (χ0) is 15.5. The monoisotopic (exact) mass is 341 g/mol. The number of halogens is 3. The first-order valence-electron chi connectivity index (χ1n) is 6.31. The van der Waals surface area contributed by atoms with Crippen LogP contribution in [-0.4, -0.2) is 25.3 Å². The molecule has 0 fully saturated rings. The van der Waals surface area contributed by atoms with Gasteiger partial charge in [0.1, 0.15) is 10.7 Å². The molecule has 0 aliphatic heterocycles. The van der Waals surface area contributed by atoms with Crippen LogP contribution in [0.5, 0.6) is 0 Å². The van der Waals surface area contributed by atoms with E-state index in [9.17, 15) is 12.8 Å². The molecule has 0 heterocycles. The van der Waals surface area contributed by atoms with Crippen LogP contribution in [0.25, 0.3) is 0 Å². The minimum absolute atomic E-state index is 0.0814. The summed E-state index contributed by atoms with van der Waals surface area (Å²) in [5.41, 5.74) is 0.0814. The molecule has 0 radical (unpaired) electrons. The molecule has 0 aromatic heterocycles. The van der Waals surface area contributed by atoms with Gasteiger partial charge in [-0.15, -0.1) is 11.6 Å². The minimum atomic E-state index is -3.93. The Morgan fingerprint density at radius 3 is 2.40 bits per heavy atom. The van der Waals surface area contributed by atoms with Gasteiger partial charge in [-0.05, 0) is 32.4 Å². The van der Waals surface area contributed by atoms with Gasteiger partial charge in [0.05, 0.1) is 5.88 Å². The normalized spacial score (nSPS) is 12.4. The maximum atomic E-state index is 14.3. The molecule has 0 saturated carbocycles. The molecule has 0 N–H and O–H groups in total. The van der Waals surface area contributed by atoms with Crippen LogP contribution >= 0.6 is 23.2 Å². The van der Waals surface area contributed by atoms with Crippen molar-refractivity contribution in [2.24, 2.45) is 0 Å². The molecule has 0 saturated heterocycles. The highest BCUT2D eigenvalue weighted by Gasteiger charge is 2.30. The second-order valence-electron chi connectivity index (χ2n) is 4.72. The SMILES string of the molecule is CCCN(C(C)C)S(=O)(=O)c1cc(Cl)cc(CCl)c1F. The molecule has 20 heavy (non-hydrogen) atoms. The van der Waals surface area contributed by atoms with Crippen molar-refractivity contribution in [2.75, 3.05) is 6.54 Å². The minimum Gasteiger partial charge on any atom is -0.207 e. The highest BCUT2D eigenvalue weighted by Crippen LogP contribution is 2.28. The zero-order valence-corrected chi connectivity index (χ0v) is 14.0. The molecule has 0 amide bonds. The number of hydrogen-bond acceptors (Lipinski definition) is 2. The Kier molecular flexibility index (Phi) is 6.25. The van der Waals surface area contributed by atoms with Gasteiger partial charge in [-0.2, -0.15) is 4.31 Å². The fourth-order valence-electron chi connectivity index (χ4n) is 1.91. The van der Waals surface area contributed by atoms with E-state index >= 15 is 0 Å². The first kappa shape index (κ1) is 17.7. The summed E-state index contributed by atoms with van der Waals surface area (Å²) < 4.78 is 40.7. The van der Waals surface area contributed by atoms with Gasteiger partial charge >= 0.3 is 0 Å². The predicted octanol–water partition coefficient (Wildman–Crippen LogP) is 4.03. The third-order valence-electron chi connectivity index (χ3n) is 2.83. The molecule has 114 valence electrons. The highest BCUT2D eigenvalue weighted by atomic mass is 35.5. The molecule has 3 nitrogen and oxygen atoms in total. The van der Waals surface area contributed by atoms with Crippen LogP contribution in [0, 0.1) is 5.82 Å². The molecule has 0 bridgehead atoms. The van der Waals surface area contributed by atoms with E-state index in [0.717, 1.165) is 6.07 Å². The largest absolute Gasteiger partial charge is 0.246 e. The van der Waals surface area contributed by atoms with Gasteiger partial charge in [-0.1, -0.05) is 18.5 Å². The molecule has 1 aromatic rings. The van der Waals surface area contributed by atoms with Gasteiger partial charge < -0.3 is 0 Å². The quantitative estimate of drug-likeness (QED) is 0.732. The van der Waals surface area contributed by atoms with Gasteiger partial charge in [0.2, 0.25) is 10.0 Å². The number of sulfonamides is 1. The Labute approximate surface area is 129 Å². The van der Waals surface area contributed by atoms with Crippen LogP contribution in [-0.2, 0) is 15.9 Å². The standard InChI is InChI=1S/C13H18Cl2FNO2S/c1-4-5-17(9(2)3)20(18,19)12-7-11(15)6-10(8-14)13(12)16/h6-7,9H,4-5,8H2,1-3H3. The predicted molar refractivity (Wildman–Crippen MR) is 80.3 cm³/mol. The second kappa shape index (κ2) is 7.07. The number of alkyl halides is 1. The van der Waals surface area contributed by atoms with Gasteiger partial charge in [0, 0.05) is 23.2 Å². The molecule has 0 spiro atoms. The van der Waals surface area contributed by atoms with E-state index in [1.54, 1.807) is 13.8 Å². The van der Waals surface area contributed by atoms with Crippen molar-refractivity contribution >= 4 is 33.2 Å². The van der Waals surface area contributed by atoms with Crippen LogP contribution in [0.4, 0.5) is 4.39 Å². The fourth-order valence-corrected chi connectivity index (χ4v) is 4.27. The summed E-state index contributed by atoms with van der Waals surface area (Å²) in [6, 6.07) is 2.20. The van der Waals surface area contributed by atoms with E-state index in [4.69, 9.17) is 23.2 Å². The maximum absolute atomic E-state index is 14.3. The van der Waals surface area contributed by atoms with E-state index in [2.05, 4.69) is 0 Å². The average molecular weight is 342 g/mol. The van der Waals surface area contributed by atoms with E-state index < -0.39 is 20.7 Å². The third kappa shape index (κ3) is 3.64. The Balaban J connectivity index is 3.45. The summed E-state index contributed by atoms with van der Waals surface area (Å²) in [5, 5.41) is 0.154. The Morgan fingerprint density at radius 1 is 1.35 bits per heavy atom. The van der Waals surface area contributed by atoms with Crippen LogP contribution in [0.3, 0.4) is 0 Å². The van der Waals surface area contributed by atoms with Crippen LogP contribution in [0.2, 0.25) is 5.02 Å². The lowest BCUT2D eigenvalue weighted by Gasteiger charge is -2.26. The lowest BCUT2D eigenvalue weighted by atomic mass is 10.2. The summed E-state index contributed by atoms with van der Waals surface area (Å²) in [6.07, 6.45) is 0.641. The highest BCUT2D eigenvalue weighted by molar-refractivity contribution is 7.89. The molecule has 0 aliphatic rings. The summed E-state index contributed by atoms with van der Waals surface area (Å²) in [5.74, 6) is -0.962. The van der Waals surface area contributed by atoms with Crippen LogP contribution < -0.4 is 0 Å². The van der Waals surface area contributed by atoms with Crippen molar-refractivity contribution in [1.82, 2.24) is 4.31 Å². The fraction of sp³-hybridized carbons (Fsp3) is 0.538. The molecule has 1 rings (SSSR count). The van der Waals surface area contributed by atoms with E-state index in [1.165, 1.54) is 10.4 Å². The summed E-state index contributed by atoms with van der Waals surface area (Å²) in [6.45, 7) is 5.68. The molecule has 0 atom stereocenters. The Morgan fingerprint density at radius 2 is 1.95 bits per heavy atom. The first-order chi connectivity index (χ1) is 9.25. The topological polar surface area (TPSA) is 37.4 Å². The molecule has 0 unspecified atom stereocenters. The van der Waals surface area contributed by atoms with Gasteiger partial charge in [0.25, 0.3) is 0 Å². The Bertz CT molecular complexity index is 576. The number of rotatable bonds is 6. The third-order valence-corrected chi connectivity index (χ3v) is 5.41. The lowest BCUT2D eigenvalue weighted by Crippen LogP contribution is -2.38. The van der Waals surface area contributed by atoms with Gasteiger partial charge in [0.15, 0.2) is 0 Å². The van der Waals surface area contributed by atoms with Crippen molar-refractivity contribution < 1.29 is 12.8 Å². The van der Waals surface area contributed by atoms with Gasteiger partial charge in [-0.25, -0.2) is 12.8 Å². The first-order valence-corrected chi connectivity index (χ1v) is 8.66. The molecule has 0 aliphatic carbocycles. The van der Waals surface area contributed by atoms with Crippen molar-refractivity contribution in [1.29, 1.82) is 0 Å². The van der Waals surface area contributed by atoms with Crippen LogP contribution in [0.15, 0.2) is 17.0 Å². The lowest BCUT2D eigenvalue weighted by molar-refractivity contribution is 0.352. The zero-order valence-electron chi connectivity index (χ0n) is 11.7. The van der Waals surface area contributed by atoms with Crippen molar-refractivity contribution in [3.63, 3.8) is 0 Å². The molecular weight excluding hydrogens is 324 g/mol. The van der Waals surface area contributed by atoms with Crippen LogP contribution in [0.1, 0.15) is 32.8 Å². The van der Waals surface area contributed by atoms with Crippen molar-refractivity contribution in [3.8, 4) is 0 Å². The number of hydrogen-bond donors (Lipinski definition) is 0. The second-order valence-corrected chi connectivity index (χ2v) is 7.28. The Hall–Kier alpha value is -0.360. The molecular formula is C13H18Cl2FNO2S. The average Bonchev–Trinajstić information content (AvgIpc) is 2.37. The summed E-state index contributed by atoms with van der Waals surface area (Å²) in [7, 11) is -3.93. The maximum Gasteiger partial charge on any atom is 0.246 e. The summed E-state index contributed by atoms with van der Waals surface area (Å²) in [4.78, 5) is -0.414. The van der Waals surface area contributed by atoms with E-state index in [-0.39, 0.29) is 22.5 Å². The molecule has 1 aromatic carbocycles. The number of nitrogens with zero attached hydrogens (tertiary/aromatic N) is 1. The van der Waals surface area contributed by atoms with Crippen molar-refractivity contribution in [2.45, 2.75) is 44.0 Å². The van der Waals surface area contributed by atoms with E-state index in [0.29, 0.717) is 13.0 Å². The van der Waals surface area contributed by atoms with Gasteiger partial charge in [-0.3, -0.25) is 0 Å². The van der Waals surface area contributed by atoms with Crippen molar-refractivity contribution in [3.05, 3.63) is 28.5 Å². The number of benzene rings is 1. The summed E-state index contributed by atoms with van der Waals surface area (Å²) >= 11 is 11.5. The van der Waals surface area contributed by atoms with E-state index in [1.807, 2.05) is 6.92 Å².